The quantitative estimate of drug-likeness (QED) is 0.0183. The number of fused-ring (bicyclic) bond motifs is 5. The largest absolute Gasteiger partial charge is 0.506 e. The molecule has 4 amide bonds. The Morgan fingerprint density at radius 1 is 0.629 bits per heavy atom. The topological polar surface area (TPSA) is 242 Å². The van der Waals surface area contributed by atoms with Crippen molar-refractivity contribution in [3.8, 4) is 23.3 Å². The highest BCUT2D eigenvalue weighted by Crippen LogP contribution is 2.54. The molecule has 0 saturated carbocycles. The summed E-state index contributed by atoms with van der Waals surface area (Å²) < 4.78 is 29.5. The number of hydrogen-bond donors (Lipinski definition) is 5. The summed E-state index contributed by atoms with van der Waals surface area (Å²) in [7, 11) is 0. The number of hydrogen-bond acceptors (Lipinski definition) is 15. The molecule has 0 aromatic heterocycles. The average molecular weight is 1310 g/mol. The molecule has 5 N–H and O–H groups in total. The Bertz CT molecular complexity index is 4200. The molecule has 500 valence electrons. The van der Waals surface area contributed by atoms with Crippen LogP contribution in [0.5, 0.6) is 11.5 Å². The molecule has 6 aliphatic heterocycles. The number of carboxylic acid groups (broad SMARTS) is 1. The van der Waals surface area contributed by atoms with Crippen molar-refractivity contribution in [1.82, 2.24) is 20.9 Å². The van der Waals surface area contributed by atoms with Crippen LogP contribution in [0, 0.1) is 11.8 Å². The third kappa shape index (κ3) is 15.1. The lowest BCUT2D eigenvalue weighted by atomic mass is 9.74. The summed E-state index contributed by atoms with van der Waals surface area (Å²) in [5, 5.41) is 39.3. The van der Waals surface area contributed by atoms with Crippen LogP contribution in [0.4, 0.5) is 22.7 Å². The van der Waals surface area contributed by atoms with E-state index in [4.69, 9.17) is 23.7 Å². The Kier molecular flexibility index (Phi) is 21.0. The van der Waals surface area contributed by atoms with Gasteiger partial charge in [-0.05, 0) is 177 Å². The first kappa shape index (κ1) is 65.9. The standard InChI is InChI=1S/C77H80N8O12/c86-66-46-50(28-31-79-76(90)59-16-5-15-58(70(59)77(91)92)69-62-47-54-13-6-34-83-36-8-17-60(71(54)83)73(62)97-74-61-18-9-37-84-35-7-14-55(72(61)84)48-63(69)74)20-27-64(66)82-81-57-25-23-53(24-26-57)75(89)80-33-39-94-41-43-96-45-44-95-42-40-93-38-30-67(87)78-32-29-68(88)85-49-56-12-2-1-10-51(56)21-22-52-11-3-4-19-65(52)85/h1-5,10-12,15-16,19-20,23-27,46-48,71,86H,6-9,13-14,17-18,28-45,49H2,(H,78,87)(H,79,90)(H,80,89)(H,91,92). The van der Waals surface area contributed by atoms with Crippen LogP contribution in [0.3, 0.4) is 0 Å². The van der Waals surface area contributed by atoms with Gasteiger partial charge in [-0.1, -0.05) is 60.4 Å². The third-order valence-corrected chi connectivity index (χ3v) is 18.8. The van der Waals surface area contributed by atoms with Crippen LogP contribution < -0.4 is 30.5 Å². The first-order valence-electron chi connectivity index (χ1n) is 33.9. The van der Waals surface area contributed by atoms with E-state index in [1.54, 1.807) is 59.5 Å². The number of benzene rings is 6. The van der Waals surface area contributed by atoms with Gasteiger partial charge in [-0.15, -0.1) is 5.11 Å². The van der Waals surface area contributed by atoms with E-state index >= 15 is 0 Å². The van der Waals surface area contributed by atoms with Crippen molar-refractivity contribution in [3.63, 3.8) is 0 Å². The molecule has 13 rings (SSSR count). The number of piperidine rings is 2. The monoisotopic (exact) mass is 1310 g/mol. The molecule has 0 radical (unpaired) electrons. The van der Waals surface area contributed by atoms with Crippen LogP contribution in [-0.4, -0.2) is 149 Å². The number of aromatic hydroxyl groups is 1. The Labute approximate surface area is 564 Å². The molecule has 6 aromatic rings. The molecule has 97 heavy (non-hydrogen) atoms. The number of phenols is 1. The Balaban J connectivity index is 0.509. The summed E-state index contributed by atoms with van der Waals surface area (Å²) in [4.78, 5) is 73.4. The van der Waals surface area contributed by atoms with E-state index in [0.29, 0.717) is 69.4 Å². The molecule has 2 fully saturated rings. The molecule has 20 nitrogen and oxygen atoms in total. The van der Waals surface area contributed by atoms with Crippen molar-refractivity contribution >= 4 is 57.9 Å². The minimum Gasteiger partial charge on any atom is -0.506 e. The SMILES string of the molecule is O=C(CCOCCOCCOCCOCCNC(=O)c1ccc(N=Nc2ccc(CCNC(=O)c3cccc(C4=C5C=C6CCCN7CCCC(=C5Oc5c4cc4c8c5CCCN8CCC4)C67)c3C(=O)O)cc2O)cc1)NCCC(=O)N1Cc2ccccc2C#Cc2ccccc21. The number of azo groups is 1. The number of rotatable bonds is 27. The van der Waals surface area contributed by atoms with Gasteiger partial charge >= 0.3 is 5.97 Å². The number of carbonyl (C=O) groups excluding carboxylic acids is 4. The predicted molar refractivity (Wildman–Crippen MR) is 367 cm³/mol. The first-order chi connectivity index (χ1) is 47.5. The third-order valence-electron chi connectivity index (χ3n) is 18.8. The number of para-hydroxylation sites is 1. The molecule has 20 heteroatoms. The van der Waals surface area contributed by atoms with E-state index < -0.39 is 11.9 Å². The van der Waals surface area contributed by atoms with Crippen molar-refractivity contribution in [3.05, 3.63) is 205 Å². The van der Waals surface area contributed by atoms with Crippen molar-refractivity contribution in [2.75, 3.05) is 108 Å². The molecule has 0 spiro atoms. The number of ether oxygens (including phenoxy) is 5. The van der Waals surface area contributed by atoms with Gasteiger partial charge in [0.05, 0.1) is 87.9 Å². The van der Waals surface area contributed by atoms with E-state index in [1.165, 1.54) is 28.0 Å². The number of nitrogens with zero attached hydrogens (tertiary/aromatic N) is 5. The van der Waals surface area contributed by atoms with Crippen LogP contribution in [0.25, 0.3) is 5.57 Å². The number of phenolic OH excluding ortho intramolecular Hbond substituents is 1. The molecule has 1 unspecified atom stereocenters. The Hall–Kier alpha value is -9.75. The van der Waals surface area contributed by atoms with Crippen LogP contribution >= 0.6 is 0 Å². The van der Waals surface area contributed by atoms with E-state index in [1.807, 2.05) is 54.6 Å². The molecule has 7 aliphatic rings. The fourth-order valence-electron chi connectivity index (χ4n) is 14.3. The smallest absolute Gasteiger partial charge is 0.337 e. The van der Waals surface area contributed by atoms with Crippen LogP contribution in [0.1, 0.15) is 127 Å². The van der Waals surface area contributed by atoms with Crippen molar-refractivity contribution < 1.29 is 57.9 Å². The van der Waals surface area contributed by atoms with Crippen LogP contribution in [0.2, 0.25) is 0 Å². The molecule has 6 aromatic carbocycles. The number of amides is 4. The maximum Gasteiger partial charge on any atom is 0.337 e. The minimum absolute atomic E-state index is 0.0494. The number of anilines is 2. The first-order valence-corrected chi connectivity index (χ1v) is 33.9. The number of carbonyl (C=O) groups is 5. The highest BCUT2D eigenvalue weighted by atomic mass is 16.6. The maximum atomic E-state index is 14.2. The molecule has 6 heterocycles. The van der Waals surface area contributed by atoms with Crippen molar-refractivity contribution in [2.24, 2.45) is 10.2 Å². The van der Waals surface area contributed by atoms with Gasteiger partial charge in [0.2, 0.25) is 11.8 Å². The van der Waals surface area contributed by atoms with Crippen LogP contribution in [-0.2, 0) is 54.3 Å². The Morgan fingerprint density at radius 2 is 1.34 bits per heavy atom. The van der Waals surface area contributed by atoms with Gasteiger partial charge in [-0.25, -0.2) is 4.79 Å². The summed E-state index contributed by atoms with van der Waals surface area (Å²) in [6.07, 6.45) is 10.8. The van der Waals surface area contributed by atoms with Crippen molar-refractivity contribution in [2.45, 2.75) is 83.2 Å². The number of carboxylic acids is 1. The highest BCUT2D eigenvalue weighted by Gasteiger charge is 2.43. The average Bonchev–Trinajstić information content (AvgIpc) is 0.710. The number of nitrogens with one attached hydrogen (secondary N) is 3. The molecule has 1 atom stereocenters. The summed E-state index contributed by atoms with van der Waals surface area (Å²) >= 11 is 0. The van der Waals surface area contributed by atoms with Gasteiger partial charge < -0.3 is 59.6 Å². The van der Waals surface area contributed by atoms with Gasteiger partial charge in [-0.3, -0.25) is 24.1 Å². The van der Waals surface area contributed by atoms with E-state index in [-0.39, 0.29) is 92.0 Å². The molecule has 1 aliphatic carbocycles. The predicted octanol–water partition coefficient (Wildman–Crippen LogP) is 10.5. The van der Waals surface area contributed by atoms with Gasteiger partial charge in [0.25, 0.3) is 11.8 Å². The van der Waals surface area contributed by atoms with Crippen molar-refractivity contribution in [1.29, 1.82) is 0 Å². The van der Waals surface area contributed by atoms with E-state index in [0.717, 1.165) is 134 Å². The fourth-order valence-corrected chi connectivity index (χ4v) is 14.3. The summed E-state index contributed by atoms with van der Waals surface area (Å²) in [5.41, 5.74) is 14.8. The zero-order valence-corrected chi connectivity index (χ0v) is 54.4. The lowest BCUT2D eigenvalue weighted by Gasteiger charge is -2.47. The normalized spacial score (nSPS) is 16.6. The van der Waals surface area contributed by atoms with Gasteiger partial charge in [0.1, 0.15) is 22.9 Å². The van der Waals surface area contributed by atoms with E-state index in [2.05, 4.69) is 60.0 Å². The van der Waals surface area contributed by atoms with Crippen LogP contribution in [0.15, 0.2) is 154 Å². The number of aryl methyl sites for hydroxylation is 1. The lowest BCUT2D eigenvalue weighted by molar-refractivity contribution is -0.122. The lowest BCUT2D eigenvalue weighted by Crippen LogP contribution is -2.47. The second-order valence-corrected chi connectivity index (χ2v) is 25.1. The van der Waals surface area contributed by atoms with E-state index in [9.17, 15) is 34.2 Å². The van der Waals surface area contributed by atoms with Gasteiger partial charge in [0.15, 0.2) is 0 Å². The number of allylic oxidation sites excluding steroid dienone is 1. The second-order valence-electron chi connectivity index (χ2n) is 25.1. The maximum absolute atomic E-state index is 14.2. The minimum atomic E-state index is -1.18. The summed E-state index contributed by atoms with van der Waals surface area (Å²) in [6, 6.07) is 34.6. The molecule has 0 bridgehead atoms. The second kappa shape index (κ2) is 31.0. The zero-order chi connectivity index (χ0) is 66.6. The molecular weight excluding hydrogens is 1230 g/mol. The fraction of sp³-hybridized carbons (Fsp3) is 0.364. The van der Waals surface area contributed by atoms with Gasteiger partial charge in [-0.2, -0.15) is 5.11 Å². The highest BCUT2D eigenvalue weighted by molar-refractivity contribution is 6.10. The summed E-state index contributed by atoms with van der Waals surface area (Å²) in [6.45, 7) is 7.74. The summed E-state index contributed by atoms with van der Waals surface area (Å²) in [5.74, 6) is 5.71. The molecular formula is C77H80N8O12. The molecule has 2 saturated heterocycles. The zero-order valence-electron chi connectivity index (χ0n) is 54.4. The Morgan fingerprint density at radius 3 is 2.13 bits per heavy atom. The van der Waals surface area contributed by atoms with Gasteiger partial charge in [0, 0.05) is 90.2 Å². The number of aromatic carboxylic acids is 1.